The van der Waals surface area contributed by atoms with Crippen molar-refractivity contribution in [1.82, 2.24) is 0 Å². The maximum atomic E-state index is 12.7. The lowest BCUT2D eigenvalue weighted by molar-refractivity contribution is 0.599. The van der Waals surface area contributed by atoms with Gasteiger partial charge in [-0.05, 0) is 68.1 Å². The van der Waals surface area contributed by atoms with Crippen LogP contribution in [0, 0.1) is 27.7 Å². The normalized spacial score (nSPS) is 11.5. The zero-order valence-electron chi connectivity index (χ0n) is 12.5. The number of rotatable bonds is 3. The molecule has 0 unspecified atom stereocenters. The van der Waals surface area contributed by atoms with Crippen molar-refractivity contribution in [2.45, 2.75) is 32.6 Å². The van der Waals surface area contributed by atoms with Gasteiger partial charge in [0.1, 0.15) is 0 Å². The van der Waals surface area contributed by atoms with E-state index in [0.29, 0.717) is 10.6 Å². The van der Waals surface area contributed by atoms with Gasteiger partial charge < -0.3 is 0 Å². The molecule has 0 saturated heterocycles. The van der Waals surface area contributed by atoms with E-state index in [9.17, 15) is 8.42 Å². The molecule has 2 rings (SSSR count). The number of nitrogens with one attached hydrogen (secondary N) is 1. The van der Waals surface area contributed by atoms with Crippen molar-refractivity contribution in [3.05, 3.63) is 57.1 Å². The van der Waals surface area contributed by atoms with Crippen molar-refractivity contribution < 1.29 is 8.42 Å². The number of anilines is 1. The summed E-state index contributed by atoms with van der Waals surface area (Å²) in [7, 11) is -3.61. The van der Waals surface area contributed by atoms with Crippen LogP contribution in [0.2, 0.25) is 0 Å². The Balaban J connectivity index is 2.55. The first-order valence-corrected chi connectivity index (χ1v) is 8.86. The minimum Gasteiger partial charge on any atom is -0.280 e. The Morgan fingerprint density at radius 1 is 0.952 bits per heavy atom. The second-order valence-corrected chi connectivity index (χ2v) is 7.74. The fourth-order valence-electron chi connectivity index (χ4n) is 2.34. The molecule has 0 spiro atoms. The summed E-state index contributed by atoms with van der Waals surface area (Å²) in [6.45, 7) is 7.55. The number of hydrogen-bond donors (Lipinski definition) is 1. The van der Waals surface area contributed by atoms with Gasteiger partial charge in [0.25, 0.3) is 10.0 Å². The molecule has 0 aliphatic heterocycles. The molecular weight excluding hydrogens is 350 g/mol. The molecular formula is C16H18BrNO2S. The molecule has 2 aromatic carbocycles. The summed E-state index contributed by atoms with van der Waals surface area (Å²) in [6.07, 6.45) is 0. The fraction of sp³-hybridized carbons (Fsp3) is 0.250. The number of hydrogen-bond acceptors (Lipinski definition) is 2. The molecule has 0 aliphatic carbocycles. The van der Waals surface area contributed by atoms with Crippen LogP contribution < -0.4 is 4.72 Å². The smallest absolute Gasteiger partial charge is 0.262 e. The zero-order valence-corrected chi connectivity index (χ0v) is 14.9. The van der Waals surface area contributed by atoms with Crippen LogP contribution in [-0.4, -0.2) is 8.42 Å². The number of aryl methyl sites for hydroxylation is 2. The minimum absolute atomic E-state index is 0.375. The standard InChI is InChI=1S/C16H18BrNO2S/c1-10-8-11(2)13(4)16(12(10)3)21(19,20)18-15-7-5-6-14(17)9-15/h5-9,18H,1-4H3. The SMILES string of the molecule is Cc1cc(C)c(C)c(S(=O)(=O)Nc2cccc(Br)c2)c1C. The highest BCUT2D eigenvalue weighted by molar-refractivity contribution is 9.10. The molecule has 2 aromatic rings. The van der Waals surface area contributed by atoms with Crippen LogP contribution in [0.5, 0.6) is 0 Å². The fourth-order valence-corrected chi connectivity index (χ4v) is 4.41. The van der Waals surface area contributed by atoms with Gasteiger partial charge in [-0.3, -0.25) is 4.72 Å². The highest BCUT2D eigenvalue weighted by Crippen LogP contribution is 2.28. The van der Waals surface area contributed by atoms with E-state index in [2.05, 4.69) is 20.7 Å². The van der Waals surface area contributed by atoms with Crippen LogP contribution in [0.4, 0.5) is 5.69 Å². The molecule has 5 heteroatoms. The van der Waals surface area contributed by atoms with Crippen LogP contribution >= 0.6 is 15.9 Å². The van der Waals surface area contributed by atoms with E-state index in [4.69, 9.17) is 0 Å². The van der Waals surface area contributed by atoms with Gasteiger partial charge in [0.05, 0.1) is 4.90 Å². The van der Waals surface area contributed by atoms with E-state index >= 15 is 0 Å². The Kier molecular flexibility index (Phi) is 4.44. The molecule has 0 amide bonds. The molecule has 0 bridgehead atoms. The minimum atomic E-state index is -3.61. The third-order valence-corrected chi connectivity index (χ3v) is 5.79. The molecule has 21 heavy (non-hydrogen) atoms. The van der Waals surface area contributed by atoms with Gasteiger partial charge in [-0.25, -0.2) is 8.42 Å². The van der Waals surface area contributed by atoms with Crippen molar-refractivity contribution in [3.8, 4) is 0 Å². The van der Waals surface area contributed by atoms with Crippen LogP contribution in [0.3, 0.4) is 0 Å². The molecule has 0 radical (unpaired) electrons. The molecule has 0 aliphatic rings. The predicted octanol–water partition coefficient (Wildman–Crippen LogP) is 4.48. The van der Waals surface area contributed by atoms with Crippen molar-refractivity contribution in [1.29, 1.82) is 0 Å². The summed E-state index contributed by atoms with van der Waals surface area (Å²) in [6, 6.07) is 9.14. The molecule has 1 N–H and O–H groups in total. The highest BCUT2D eigenvalue weighted by Gasteiger charge is 2.22. The van der Waals surface area contributed by atoms with E-state index in [1.165, 1.54) is 0 Å². The van der Waals surface area contributed by atoms with Crippen LogP contribution in [0.15, 0.2) is 39.7 Å². The lowest BCUT2D eigenvalue weighted by atomic mass is 10.0. The first-order valence-electron chi connectivity index (χ1n) is 6.58. The van der Waals surface area contributed by atoms with E-state index in [0.717, 1.165) is 26.7 Å². The zero-order chi connectivity index (χ0) is 15.8. The maximum absolute atomic E-state index is 12.7. The van der Waals surface area contributed by atoms with E-state index in [1.54, 1.807) is 18.2 Å². The van der Waals surface area contributed by atoms with Gasteiger partial charge in [-0.2, -0.15) is 0 Å². The summed E-state index contributed by atoms with van der Waals surface area (Å²) in [5, 5.41) is 0. The Morgan fingerprint density at radius 3 is 2.05 bits per heavy atom. The summed E-state index contributed by atoms with van der Waals surface area (Å²) in [4.78, 5) is 0.375. The van der Waals surface area contributed by atoms with Gasteiger partial charge in [0, 0.05) is 10.2 Å². The van der Waals surface area contributed by atoms with E-state index < -0.39 is 10.0 Å². The van der Waals surface area contributed by atoms with Crippen molar-refractivity contribution in [3.63, 3.8) is 0 Å². The average molecular weight is 368 g/mol. The quantitative estimate of drug-likeness (QED) is 0.868. The van der Waals surface area contributed by atoms with Crippen molar-refractivity contribution in [2.24, 2.45) is 0 Å². The number of halogens is 1. The third kappa shape index (κ3) is 3.30. The van der Waals surface area contributed by atoms with Gasteiger partial charge in [-0.1, -0.05) is 28.1 Å². The summed E-state index contributed by atoms with van der Waals surface area (Å²) in [5.41, 5.74) is 4.09. The molecule has 0 saturated carbocycles. The van der Waals surface area contributed by atoms with Crippen molar-refractivity contribution in [2.75, 3.05) is 4.72 Å². The molecule has 0 atom stereocenters. The third-order valence-electron chi connectivity index (χ3n) is 3.64. The van der Waals surface area contributed by atoms with Gasteiger partial charge >= 0.3 is 0 Å². The van der Waals surface area contributed by atoms with E-state index in [-0.39, 0.29) is 0 Å². The van der Waals surface area contributed by atoms with Crippen LogP contribution in [0.1, 0.15) is 22.3 Å². The second kappa shape index (κ2) is 5.81. The second-order valence-electron chi connectivity index (χ2n) is 5.21. The predicted molar refractivity (Wildman–Crippen MR) is 90.3 cm³/mol. The monoisotopic (exact) mass is 367 g/mol. The lowest BCUT2D eigenvalue weighted by Crippen LogP contribution is -2.17. The topological polar surface area (TPSA) is 46.2 Å². The number of sulfonamides is 1. The summed E-state index contributed by atoms with van der Waals surface area (Å²) >= 11 is 3.34. The van der Waals surface area contributed by atoms with Crippen molar-refractivity contribution >= 4 is 31.6 Å². The lowest BCUT2D eigenvalue weighted by Gasteiger charge is -2.16. The summed E-state index contributed by atoms with van der Waals surface area (Å²) < 4.78 is 28.9. The molecule has 112 valence electrons. The van der Waals surface area contributed by atoms with Crippen LogP contribution in [-0.2, 0) is 10.0 Å². The molecule has 3 nitrogen and oxygen atoms in total. The molecule has 0 heterocycles. The summed E-state index contributed by atoms with van der Waals surface area (Å²) in [5.74, 6) is 0. The first-order chi connectivity index (χ1) is 9.72. The van der Waals surface area contributed by atoms with E-state index in [1.807, 2.05) is 39.8 Å². The first kappa shape index (κ1) is 16.0. The Bertz CT molecular complexity index is 772. The Labute approximate surface area is 134 Å². The highest BCUT2D eigenvalue weighted by atomic mass is 79.9. The Morgan fingerprint density at radius 2 is 1.52 bits per heavy atom. The van der Waals surface area contributed by atoms with Gasteiger partial charge in [-0.15, -0.1) is 0 Å². The van der Waals surface area contributed by atoms with Gasteiger partial charge in [0.2, 0.25) is 0 Å². The largest absolute Gasteiger partial charge is 0.280 e. The van der Waals surface area contributed by atoms with Gasteiger partial charge in [0.15, 0.2) is 0 Å². The van der Waals surface area contributed by atoms with Crippen LogP contribution in [0.25, 0.3) is 0 Å². The number of benzene rings is 2. The average Bonchev–Trinajstić information content (AvgIpc) is 2.35. The molecule has 0 fully saturated rings. The Hall–Kier alpha value is -1.33. The maximum Gasteiger partial charge on any atom is 0.262 e. The molecule has 0 aromatic heterocycles.